The smallest absolute Gasteiger partial charge is 0.407 e. The van der Waals surface area contributed by atoms with Crippen molar-refractivity contribution in [3.63, 3.8) is 0 Å². The minimum absolute atomic E-state index is 0.0796. The average molecular weight is 868 g/mol. The lowest BCUT2D eigenvalue weighted by Gasteiger charge is -2.31. The lowest BCUT2D eigenvalue weighted by molar-refractivity contribution is -0.136. The Morgan fingerprint density at radius 3 is 2.03 bits per heavy atom. The van der Waals surface area contributed by atoms with Crippen LogP contribution in [0.15, 0.2) is 91.3 Å². The molecule has 15 nitrogen and oxygen atoms in total. The van der Waals surface area contributed by atoms with Gasteiger partial charge in [0, 0.05) is 35.2 Å². The molecule has 3 aliphatic rings. The summed E-state index contributed by atoms with van der Waals surface area (Å²) in [6.45, 7) is 1.06. The third-order valence-electron chi connectivity index (χ3n) is 12.9. The Morgan fingerprint density at radius 2 is 1.34 bits per heavy atom. The Hall–Kier alpha value is -7.10. The van der Waals surface area contributed by atoms with Gasteiger partial charge in [0.2, 0.25) is 5.91 Å². The van der Waals surface area contributed by atoms with Crippen LogP contribution in [0.1, 0.15) is 86.7 Å². The van der Waals surface area contributed by atoms with Crippen molar-refractivity contribution >= 4 is 34.9 Å². The van der Waals surface area contributed by atoms with Crippen molar-refractivity contribution in [2.24, 2.45) is 5.92 Å². The number of aromatic nitrogens is 5. The number of ether oxygens (including phenoxy) is 2. The number of nitrogens with one attached hydrogen (secondary N) is 4. The fourth-order valence-electron chi connectivity index (χ4n) is 9.58. The number of carbonyl (C=O) groups is 4. The van der Waals surface area contributed by atoms with E-state index in [4.69, 9.17) is 19.4 Å². The predicted octanol–water partition coefficient (Wildman–Crippen LogP) is 8.16. The van der Waals surface area contributed by atoms with E-state index in [1.165, 1.54) is 20.3 Å². The molecule has 0 spiro atoms. The number of pyridine rings is 1. The average Bonchev–Trinajstić information content (AvgIpc) is 4.19. The number of H-pyrrole nitrogens is 2. The van der Waals surface area contributed by atoms with E-state index in [2.05, 4.69) is 25.6 Å². The first-order valence-corrected chi connectivity index (χ1v) is 21.8. The Bertz CT molecular complexity index is 2680. The quantitative estimate of drug-likeness (QED) is 0.0997. The van der Waals surface area contributed by atoms with Crippen molar-refractivity contribution < 1.29 is 33.0 Å². The Kier molecular flexibility index (Phi) is 12.1. The minimum Gasteiger partial charge on any atom is -0.453 e. The van der Waals surface area contributed by atoms with Crippen molar-refractivity contribution in [1.82, 2.24) is 45.4 Å². The van der Waals surface area contributed by atoms with Crippen molar-refractivity contribution in [2.45, 2.75) is 75.5 Å². The zero-order chi connectivity index (χ0) is 44.3. The maximum absolute atomic E-state index is 15.9. The Balaban J connectivity index is 0.885. The van der Waals surface area contributed by atoms with Crippen molar-refractivity contribution in [3.8, 4) is 33.8 Å². The third-order valence-corrected chi connectivity index (χ3v) is 12.9. The summed E-state index contributed by atoms with van der Waals surface area (Å²) in [4.78, 5) is 76.8. The number of amides is 4. The van der Waals surface area contributed by atoms with Crippen LogP contribution in [-0.4, -0.2) is 92.1 Å². The summed E-state index contributed by atoms with van der Waals surface area (Å²) in [6.07, 6.45) is 8.89. The highest BCUT2D eigenvalue weighted by Gasteiger charge is 2.41. The van der Waals surface area contributed by atoms with E-state index in [0.717, 1.165) is 67.1 Å². The van der Waals surface area contributed by atoms with E-state index >= 15 is 4.39 Å². The molecule has 4 amide bonds. The summed E-state index contributed by atoms with van der Waals surface area (Å²) >= 11 is 0. The molecule has 2 aliphatic heterocycles. The van der Waals surface area contributed by atoms with Crippen LogP contribution < -0.4 is 10.6 Å². The molecular formula is C48H50FN9O6. The maximum atomic E-state index is 15.9. The molecule has 3 aromatic carbocycles. The molecule has 4 N–H and O–H groups in total. The predicted molar refractivity (Wildman–Crippen MR) is 236 cm³/mol. The van der Waals surface area contributed by atoms with E-state index in [9.17, 15) is 19.2 Å². The summed E-state index contributed by atoms with van der Waals surface area (Å²) in [5, 5.41) is 6.39. The summed E-state index contributed by atoms with van der Waals surface area (Å²) < 4.78 is 25.6. The first-order valence-electron chi connectivity index (χ1n) is 21.8. The number of hydrogen-bond donors (Lipinski definition) is 4. The second kappa shape index (κ2) is 18.3. The Morgan fingerprint density at radius 1 is 0.703 bits per heavy atom. The highest BCUT2D eigenvalue weighted by molar-refractivity contribution is 5.89. The number of likely N-dealkylation sites (tertiary alicyclic amines) is 2. The van der Waals surface area contributed by atoms with Crippen LogP contribution in [0, 0.1) is 11.7 Å². The number of fused-ring (bicyclic) bond motifs is 1. The molecule has 330 valence electrons. The number of imidazole rings is 2. The minimum atomic E-state index is -0.948. The molecule has 1 saturated carbocycles. The van der Waals surface area contributed by atoms with Crippen molar-refractivity contribution in [1.29, 1.82) is 0 Å². The van der Waals surface area contributed by atoms with Crippen molar-refractivity contribution in [3.05, 3.63) is 114 Å². The number of rotatable bonds is 11. The molecule has 6 aromatic rings. The van der Waals surface area contributed by atoms with Crippen LogP contribution in [-0.2, 0) is 19.1 Å². The normalized spacial score (nSPS) is 18.5. The molecule has 5 heterocycles. The van der Waals surface area contributed by atoms with Crippen LogP contribution in [0.25, 0.3) is 44.7 Å². The highest BCUT2D eigenvalue weighted by atomic mass is 19.1. The largest absolute Gasteiger partial charge is 0.453 e. The Labute approximate surface area is 369 Å². The van der Waals surface area contributed by atoms with Crippen LogP contribution in [0.2, 0.25) is 0 Å². The molecule has 1 aliphatic carbocycles. The van der Waals surface area contributed by atoms with Gasteiger partial charge in [-0.15, -0.1) is 0 Å². The number of nitrogens with zero attached hydrogens (tertiary/aromatic N) is 5. The second-order valence-corrected chi connectivity index (χ2v) is 16.7. The molecular weight excluding hydrogens is 818 g/mol. The van der Waals surface area contributed by atoms with E-state index in [0.29, 0.717) is 59.2 Å². The summed E-state index contributed by atoms with van der Waals surface area (Å²) in [5.41, 5.74) is 5.09. The van der Waals surface area contributed by atoms with Gasteiger partial charge in [0.1, 0.15) is 29.5 Å². The summed E-state index contributed by atoms with van der Waals surface area (Å²) in [5.74, 6) is 0.472. The highest BCUT2D eigenvalue weighted by Crippen LogP contribution is 2.37. The van der Waals surface area contributed by atoms with E-state index < -0.39 is 36.1 Å². The van der Waals surface area contributed by atoms with Gasteiger partial charge >= 0.3 is 12.2 Å². The van der Waals surface area contributed by atoms with Gasteiger partial charge in [0.05, 0.1) is 61.3 Å². The van der Waals surface area contributed by atoms with Crippen LogP contribution in [0.5, 0.6) is 0 Å². The topological polar surface area (TPSA) is 188 Å². The SMILES string of the molecule is COC(=O)NC(C(=O)N1CCCC1c1ncc(-c2ccc(-c3ccc4cc(-c5cnc(C6CCCN6C(=O)C(NC(=O)OC)C6CCCC6)[nH]5)ccc4n3)cc2F)[nH]1)c1ccccc1. The molecule has 0 bridgehead atoms. The van der Waals surface area contributed by atoms with Crippen LogP contribution in [0.4, 0.5) is 14.0 Å². The molecule has 64 heavy (non-hydrogen) atoms. The molecule has 0 radical (unpaired) electrons. The number of alkyl carbamates (subject to hydrolysis) is 2. The number of halogens is 1. The number of benzene rings is 3. The van der Waals surface area contributed by atoms with Gasteiger partial charge < -0.3 is 39.9 Å². The summed E-state index contributed by atoms with van der Waals surface area (Å²) in [7, 11) is 2.56. The third kappa shape index (κ3) is 8.51. The molecule has 3 fully saturated rings. The van der Waals surface area contributed by atoms with E-state index in [1.54, 1.807) is 47.6 Å². The van der Waals surface area contributed by atoms with Gasteiger partial charge in [0.15, 0.2) is 0 Å². The zero-order valence-corrected chi connectivity index (χ0v) is 35.7. The molecule has 4 unspecified atom stereocenters. The standard InChI is InChI=1S/C48H50FN9O6/c1-63-47(61)55-41(28-10-4-3-5-11-28)45(59)58-23-9-15-40(58)44-51-27-38(54-44)33-19-16-32(25-34(33)49)36-20-17-30-24-31(18-21-35(30)52-36)37-26-50-43(53-37)39-14-8-22-57(39)46(60)42(56-48(62)64-2)29-12-6-7-13-29/h3-5,10-11,16-21,24-27,29,39-42H,6-9,12-15,22-23H2,1-2H3,(H,50,53)(H,51,54)(H,55,61)(H,56,62). The van der Waals surface area contributed by atoms with Gasteiger partial charge in [-0.1, -0.05) is 61.4 Å². The molecule has 3 aromatic heterocycles. The van der Waals surface area contributed by atoms with Crippen LogP contribution >= 0.6 is 0 Å². The summed E-state index contributed by atoms with van der Waals surface area (Å²) in [6, 6.07) is 21.5. The van der Waals surface area contributed by atoms with Gasteiger partial charge in [-0.25, -0.2) is 28.9 Å². The van der Waals surface area contributed by atoms with Gasteiger partial charge in [-0.2, -0.15) is 0 Å². The zero-order valence-electron chi connectivity index (χ0n) is 35.7. The molecule has 2 saturated heterocycles. The van der Waals surface area contributed by atoms with E-state index in [1.807, 2.05) is 47.4 Å². The lowest BCUT2D eigenvalue weighted by Crippen LogP contribution is -2.51. The molecule has 16 heteroatoms. The number of carbonyl (C=O) groups excluding carboxylic acids is 4. The van der Waals surface area contributed by atoms with Crippen LogP contribution in [0.3, 0.4) is 0 Å². The monoisotopic (exact) mass is 867 g/mol. The van der Waals surface area contributed by atoms with Gasteiger partial charge in [0.25, 0.3) is 5.91 Å². The maximum Gasteiger partial charge on any atom is 0.407 e. The van der Waals surface area contributed by atoms with Gasteiger partial charge in [-0.05, 0) is 80.3 Å². The number of aromatic amines is 2. The van der Waals surface area contributed by atoms with Crippen molar-refractivity contribution in [2.75, 3.05) is 27.3 Å². The number of hydrogen-bond acceptors (Lipinski definition) is 9. The molecule has 9 rings (SSSR count). The first kappa shape index (κ1) is 42.2. The lowest BCUT2D eigenvalue weighted by atomic mass is 9.96. The fourth-order valence-corrected chi connectivity index (χ4v) is 9.58. The molecule has 4 atom stereocenters. The fraction of sp³-hybridized carbons (Fsp3) is 0.354. The first-order chi connectivity index (χ1) is 31.2. The second-order valence-electron chi connectivity index (χ2n) is 16.7. The van der Waals surface area contributed by atoms with E-state index in [-0.39, 0.29) is 23.8 Å². The number of methoxy groups -OCH3 is 2. The van der Waals surface area contributed by atoms with Gasteiger partial charge in [-0.3, -0.25) is 9.59 Å².